The van der Waals surface area contributed by atoms with Crippen LogP contribution in [0.2, 0.25) is 0 Å². The smallest absolute Gasteiger partial charge is 0.163 e. The zero-order chi connectivity index (χ0) is 16.2. The van der Waals surface area contributed by atoms with E-state index in [-0.39, 0.29) is 0 Å². The number of pyridine rings is 2. The first-order chi connectivity index (χ1) is 11.1. The van der Waals surface area contributed by atoms with Gasteiger partial charge in [-0.05, 0) is 37.6 Å². The third-order valence-corrected chi connectivity index (χ3v) is 3.62. The van der Waals surface area contributed by atoms with Crippen molar-refractivity contribution >= 4 is 11.6 Å². The number of aryl methyl sites for hydroxylation is 1. The van der Waals surface area contributed by atoms with E-state index in [2.05, 4.69) is 25.3 Å². The molecule has 0 saturated carbocycles. The fraction of sp³-hybridized carbons (Fsp3) is 0.176. The second kappa shape index (κ2) is 6.39. The van der Waals surface area contributed by atoms with Crippen molar-refractivity contribution in [3.8, 4) is 11.4 Å². The van der Waals surface area contributed by atoms with Crippen LogP contribution in [0.25, 0.3) is 11.4 Å². The molecular formula is C17H18N6. The van der Waals surface area contributed by atoms with Crippen LogP contribution >= 0.6 is 0 Å². The summed E-state index contributed by atoms with van der Waals surface area (Å²) in [6, 6.07) is 7.56. The van der Waals surface area contributed by atoms with Crippen LogP contribution in [-0.4, -0.2) is 19.9 Å². The van der Waals surface area contributed by atoms with Gasteiger partial charge in [0.1, 0.15) is 11.6 Å². The molecule has 3 heterocycles. The van der Waals surface area contributed by atoms with Crippen molar-refractivity contribution in [1.82, 2.24) is 19.9 Å². The van der Waals surface area contributed by atoms with Gasteiger partial charge in [-0.3, -0.25) is 4.98 Å². The zero-order valence-electron chi connectivity index (χ0n) is 13.1. The quantitative estimate of drug-likeness (QED) is 0.770. The number of nitrogen functional groups attached to an aromatic ring is 1. The van der Waals surface area contributed by atoms with Crippen LogP contribution in [0.3, 0.4) is 0 Å². The van der Waals surface area contributed by atoms with Crippen molar-refractivity contribution in [3.63, 3.8) is 0 Å². The predicted molar refractivity (Wildman–Crippen MR) is 90.7 cm³/mol. The molecule has 3 rings (SSSR count). The maximum Gasteiger partial charge on any atom is 0.163 e. The number of hydrogen-bond donors (Lipinski definition) is 2. The summed E-state index contributed by atoms with van der Waals surface area (Å²) in [5.41, 5.74) is 9.51. The van der Waals surface area contributed by atoms with Crippen LogP contribution in [0.4, 0.5) is 11.6 Å². The van der Waals surface area contributed by atoms with Gasteiger partial charge in [0.15, 0.2) is 5.82 Å². The Bertz CT molecular complexity index is 799. The molecule has 3 N–H and O–H groups in total. The molecule has 3 aromatic heterocycles. The highest BCUT2D eigenvalue weighted by atomic mass is 15.0. The summed E-state index contributed by atoms with van der Waals surface area (Å²) in [5.74, 6) is 1.99. The number of nitrogens with zero attached hydrogens (tertiary/aromatic N) is 4. The van der Waals surface area contributed by atoms with Gasteiger partial charge in [-0.2, -0.15) is 0 Å². The molecule has 0 fully saturated rings. The summed E-state index contributed by atoms with van der Waals surface area (Å²) < 4.78 is 0. The van der Waals surface area contributed by atoms with Gasteiger partial charge >= 0.3 is 0 Å². The number of rotatable bonds is 4. The maximum atomic E-state index is 5.60. The van der Waals surface area contributed by atoms with E-state index in [1.807, 2.05) is 32.0 Å². The van der Waals surface area contributed by atoms with E-state index < -0.39 is 0 Å². The van der Waals surface area contributed by atoms with Crippen LogP contribution in [0.5, 0.6) is 0 Å². The van der Waals surface area contributed by atoms with Crippen molar-refractivity contribution < 1.29 is 0 Å². The van der Waals surface area contributed by atoms with Crippen molar-refractivity contribution in [2.45, 2.75) is 20.4 Å². The SMILES string of the molecule is Cc1nc(-c2cccnc2)nc(NCc2ccc(N)nc2)c1C. The summed E-state index contributed by atoms with van der Waals surface area (Å²) in [7, 11) is 0. The molecule has 0 aliphatic carbocycles. The first kappa shape index (κ1) is 14.9. The Labute approximate surface area is 134 Å². The van der Waals surface area contributed by atoms with Gasteiger partial charge in [0.25, 0.3) is 0 Å². The fourth-order valence-electron chi connectivity index (χ4n) is 2.15. The molecule has 0 amide bonds. The van der Waals surface area contributed by atoms with Gasteiger partial charge in [0, 0.05) is 42.0 Å². The minimum absolute atomic E-state index is 0.515. The lowest BCUT2D eigenvalue weighted by Crippen LogP contribution is -2.07. The van der Waals surface area contributed by atoms with Gasteiger partial charge in [-0.1, -0.05) is 6.07 Å². The molecule has 0 aliphatic rings. The molecule has 0 aromatic carbocycles. The Morgan fingerprint density at radius 1 is 1.09 bits per heavy atom. The van der Waals surface area contributed by atoms with Gasteiger partial charge in [-0.25, -0.2) is 15.0 Å². The van der Waals surface area contributed by atoms with E-state index in [0.29, 0.717) is 18.2 Å². The minimum atomic E-state index is 0.515. The van der Waals surface area contributed by atoms with E-state index in [9.17, 15) is 0 Å². The van der Waals surface area contributed by atoms with Crippen LogP contribution in [0.1, 0.15) is 16.8 Å². The first-order valence-electron chi connectivity index (χ1n) is 7.33. The molecule has 23 heavy (non-hydrogen) atoms. The fourth-order valence-corrected chi connectivity index (χ4v) is 2.15. The third-order valence-electron chi connectivity index (χ3n) is 3.62. The zero-order valence-corrected chi connectivity index (χ0v) is 13.1. The van der Waals surface area contributed by atoms with E-state index in [1.165, 1.54) is 0 Å². The van der Waals surface area contributed by atoms with E-state index in [1.54, 1.807) is 24.7 Å². The lowest BCUT2D eigenvalue weighted by Gasteiger charge is -2.12. The predicted octanol–water partition coefficient (Wildman–Crippen LogP) is 2.74. The summed E-state index contributed by atoms with van der Waals surface area (Å²) in [6.07, 6.45) is 5.25. The summed E-state index contributed by atoms with van der Waals surface area (Å²) in [6.45, 7) is 4.61. The molecule has 0 saturated heterocycles. The topological polar surface area (TPSA) is 89.6 Å². The number of hydrogen-bond acceptors (Lipinski definition) is 6. The minimum Gasteiger partial charge on any atom is -0.384 e. The molecule has 0 spiro atoms. The van der Waals surface area contributed by atoms with Crippen LogP contribution in [0.15, 0.2) is 42.9 Å². The van der Waals surface area contributed by atoms with Gasteiger partial charge in [-0.15, -0.1) is 0 Å². The second-order valence-electron chi connectivity index (χ2n) is 5.29. The normalized spacial score (nSPS) is 10.5. The van der Waals surface area contributed by atoms with Gasteiger partial charge in [0.2, 0.25) is 0 Å². The Balaban J connectivity index is 1.86. The van der Waals surface area contributed by atoms with Crippen molar-refractivity contribution in [3.05, 3.63) is 59.7 Å². The van der Waals surface area contributed by atoms with E-state index in [4.69, 9.17) is 5.73 Å². The van der Waals surface area contributed by atoms with Crippen LogP contribution < -0.4 is 11.1 Å². The largest absolute Gasteiger partial charge is 0.384 e. The highest BCUT2D eigenvalue weighted by Crippen LogP contribution is 2.21. The lowest BCUT2D eigenvalue weighted by atomic mass is 10.2. The van der Waals surface area contributed by atoms with Crippen molar-refractivity contribution in [2.24, 2.45) is 0 Å². The lowest BCUT2D eigenvalue weighted by molar-refractivity contribution is 1.02. The van der Waals surface area contributed by atoms with Crippen molar-refractivity contribution in [1.29, 1.82) is 0 Å². The molecule has 116 valence electrons. The molecule has 0 radical (unpaired) electrons. The Morgan fingerprint density at radius 2 is 1.96 bits per heavy atom. The average molecular weight is 306 g/mol. The van der Waals surface area contributed by atoms with E-state index in [0.717, 1.165) is 28.2 Å². The van der Waals surface area contributed by atoms with Crippen LogP contribution in [0, 0.1) is 13.8 Å². The molecule has 0 bridgehead atoms. The average Bonchev–Trinajstić information content (AvgIpc) is 2.58. The molecule has 0 aliphatic heterocycles. The highest BCUT2D eigenvalue weighted by Gasteiger charge is 2.09. The molecule has 6 nitrogen and oxygen atoms in total. The second-order valence-corrected chi connectivity index (χ2v) is 5.29. The summed E-state index contributed by atoms with van der Waals surface area (Å²) >= 11 is 0. The Hall–Kier alpha value is -3.02. The number of nitrogens with one attached hydrogen (secondary N) is 1. The van der Waals surface area contributed by atoms with E-state index >= 15 is 0 Å². The molecule has 0 unspecified atom stereocenters. The number of anilines is 2. The van der Waals surface area contributed by atoms with Crippen LogP contribution in [-0.2, 0) is 6.54 Å². The molecule has 3 aromatic rings. The maximum absolute atomic E-state index is 5.60. The van der Waals surface area contributed by atoms with Gasteiger partial charge in [0.05, 0.1) is 0 Å². The molecular weight excluding hydrogens is 288 g/mol. The first-order valence-corrected chi connectivity index (χ1v) is 7.33. The Morgan fingerprint density at radius 3 is 2.65 bits per heavy atom. The monoisotopic (exact) mass is 306 g/mol. The standard InChI is InChI=1S/C17H18N6/c1-11-12(2)22-17(14-4-3-7-19-10-14)23-16(11)21-9-13-5-6-15(18)20-8-13/h3-8,10H,9H2,1-2H3,(H2,18,20)(H,21,22,23). The van der Waals surface area contributed by atoms with Gasteiger partial charge < -0.3 is 11.1 Å². The third kappa shape index (κ3) is 3.42. The van der Waals surface area contributed by atoms with Crippen molar-refractivity contribution in [2.75, 3.05) is 11.1 Å². The Kier molecular flexibility index (Phi) is 4.14. The number of aromatic nitrogens is 4. The summed E-state index contributed by atoms with van der Waals surface area (Å²) in [4.78, 5) is 17.4. The number of nitrogens with two attached hydrogens (primary N) is 1. The highest BCUT2D eigenvalue weighted by molar-refractivity contribution is 5.58. The summed E-state index contributed by atoms with van der Waals surface area (Å²) in [5, 5.41) is 3.35. The molecule has 0 atom stereocenters. The molecule has 6 heteroatoms.